The summed E-state index contributed by atoms with van der Waals surface area (Å²) in [5.41, 5.74) is 0. The molecule has 1 amide bonds. The molecule has 2 atom stereocenters. The van der Waals surface area contributed by atoms with E-state index in [9.17, 15) is 4.79 Å². The Hall–Kier alpha value is -0.610. The Kier molecular flexibility index (Phi) is 6.30. The summed E-state index contributed by atoms with van der Waals surface area (Å²) in [7, 11) is 0. The van der Waals surface area contributed by atoms with Gasteiger partial charge in [0.25, 0.3) is 0 Å². The van der Waals surface area contributed by atoms with E-state index in [2.05, 4.69) is 29.4 Å². The van der Waals surface area contributed by atoms with Gasteiger partial charge in [0.1, 0.15) is 0 Å². The molecule has 4 nitrogen and oxygen atoms in total. The van der Waals surface area contributed by atoms with Crippen LogP contribution in [0, 0.1) is 5.92 Å². The Morgan fingerprint density at radius 2 is 2.10 bits per heavy atom. The zero-order valence-corrected chi connectivity index (χ0v) is 13.2. The topological polar surface area (TPSA) is 44.4 Å². The van der Waals surface area contributed by atoms with Gasteiger partial charge in [-0.3, -0.25) is 9.69 Å². The third-order valence-electron chi connectivity index (χ3n) is 4.99. The van der Waals surface area contributed by atoms with Crippen molar-refractivity contribution in [3.63, 3.8) is 0 Å². The highest BCUT2D eigenvalue weighted by Crippen LogP contribution is 2.27. The van der Waals surface area contributed by atoms with Crippen LogP contribution in [0.3, 0.4) is 0 Å². The van der Waals surface area contributed by atoms with Gasteiger partial charge in [-0.05, 0) is 64.1 Å². The van der Waals surface area contributed by atoms with Gasteiger partial charge in [-0.2, -0.15) is 0 Å². The molecule has 2 aliphatic heterocycles. The second kappa shape index (κ2) is 7.99. The number of piperidine rings is 1. The van der Waals surface area contributed by atoms with Gasteiger partial charge in [0, 0.05) is 12.1 Å². The quantitative estimate of drug-likeness (QED) is 0.780. The van der Waals surface area contributed by atoms with E-state index >= 15 is 0 Å². The van der Waals surface area contributed by atoms with E-state index in [0.717, 1.165) is 31.8 Å². The van der Waals surface area contributed by atoms with Gasteiger partial charge in [-0.15, -0.1) is 0 Å². The summed E-state index contributed by atoms with van der Waals surface area (Å²) in [6.07, 6.45) is 7.18. The average molecular weight is 281 g/mol. The van der Waals surface area contributed by atoms with Crippen molar-refractivity contribution >= 4 is 5.91 Å². The lowest BCUT2D eigenvalue weighted by molar-refractivity contribution is -0.123. The maximum atomic E-state index is 12.2. The number of hydrogen-bond donors (Lipinski definition) is 2. The molecule has 4 heteroatoms. The molecule has 20 heavy (non-hydrogen) atoms. The summed E-state index contributed by atoms with van der Waals surface area (Å²) in [4.78, 5) is 14.6. The van der Waals surface area contributed by atoms with Crippen molar-refractivity contribution in [3.8, 4) is 0 Å². The van der Waals surface area contributed by atoms with Gasteiger partial charge >= 0.3 is 0 Å². The van der Waals surface area contributed by atoms with E-state index in [1.54, 1.807) is 0 Å². The lowest BCUT2D eigenvalue weighted by atomic mass is 9.90. The van der Waals surface area contributed by atoms with E-state index in [0.29, 0.717) is 18.6 Å². The number of nitrogens with zero attached hydrogens (tertiary/aromatic N) is 1. The summed E-state index contributed by atoms with van der Waals surface area (Å²) >= 11 is 0. The molecule has 0 aromatic rings. The van der Waals surface area contributed by atoms with Crippen molar-refractivity contribution in [1.29, 1.82) is 0 Å². The average Bonchev–Trinajstić information content (AvgIpc) is 2.93. The molecule has 2 unspecified atom stereocenters. The number of hydrogen-bond acceptors (Lipinski definition) is 3. The van der Waals surface area contributed by atoms with Gasteiger partial charge < -0.3 is 10.6 Å². The predicted molar refractivity (Wildman–Crippen MR) is 82.7 cm³/mol. The van der Waals surface area contributed by atoms with Crippen LogP contribution in [0.2, 0.25) is 0 Å². The van der Waals surface area contributed by atoms with Crippen LogP contribution in [0.25, 0.3) is 0 Å². The van der Waals surface area contributed by atoms with Gasteiger partial charge in [0.2, 0.25) is 5.91 Å². The number of amides is 1. The van der Waals surface area contributed by atoms with Crippen molar-refractivity contribution in [2.24, 2.45) is 5.92 Å². The summed E-state index contributed by atoms with van der Waals surface area (Å²) in [5, 5.41) is 6.68. The van der Waals surface area contributed by atoms with E-state index < -0.39 is 0 Å². The molecule has 2 fully saturated rings. The molecule has 0 aromatic carbocycles. The van der Waals surface area contributed by atoms with Gasteiger partial charge in [-0.1, -0.05) is 13.8 Å². The molecule has 0 aromatic heterocycles. The van der Waals surface area contributed by atoms with Gasteiger partial charge in [0.05, 0.1) is 6.54 Å². The fourth-order valence-electron chi connectivity index (χ4n) is 3.74. The van der Waals surface area contributed by atoms with Crippen LogP contribution in [-0.2, 0) is 4.79 Å². The second-order valence-electron chi connectivity index (χ2n) is 6.37. The third kappa shape index (κ3) is 4.19. The fraction of sp³-hybridized carbons (Fsp3) is 0.938. The molecule has 0 spiro atoms. The van der Waals surface area contributed by atoms with Crippen LogP contribution in [-0.4, -0.2) is 49.1 Å². The summed E-state index contributed by atoms with van der Waals surface area (Å²) in [5.74, 6) is 0.960. The summed E-state index contributed by atoms with van der Waals surface area (Å²) in [6.45, 7) is 8.27. The lowest BCUT2D eigenvalue weighted by Gasteiger charge is -2.34. The zero-order valence-electron chi connectivity index (χ0n) is 13.2. The minimum atomic E-state index is 0.217. The van der Waals surface area contributed by atoms with Crippen LogP contribution < -0.4 is 10.6 Å². The Labute approximate surface area is 123 Å². The molecule has 2 aliphatic rings. The Balaban J connectivity index is 1.82. The first-order valence-electron chi connectivity index (χ1n) is 8.48. The monoisotopic (exact) mass is 281 g/mol. The maximum absolute atomic E-state index is 12.2. The minimum Gasteiger partial charge on any atom is -0.352 e. The molecule has 0 saturated carbocycles. The largest absolute Gasteiger partial charge is 0.352 e. The van der Waals surface area contributed by atoms with Crippen LogP contribution >= 0.6 is 0 Å². The smallest absolute Gasteiger partial charge is 0.234 e. The first kappa shape index (κ1) is 15.8. The van der Waals surface area contributed by atoms with E-state index in [-0.39, 0.29) is 5.91 Å². The SMILES string of the molecule is CCC(CC)NC(=O)CN1CCCC1C1CCCNC1. The van der Waals surface area contributed by atoms with Crippen LogP contribution in [0.1, 0.15) is 52.4 Å². The molecule has 0 radical (unpaired) electrons. The van der Waals surface area contributed by atoms with Crippen LogP contribution in [0.15, 0.2) is 0 Å². The first-order valence-corrected chi connectivity index (χ1v) is 8.48. The Morgan fingerprint density at radius 3 is 2.75 bits per heavy atom. The normalized spacial score (nSPS) is 27.9. The number of rotatable bonds is 6. The fourth-order valence-corrected chi connectivity index (χ4v) is 3.74. The lowest BCUT2D eigenvalue weighted by Crippen LogP contribution is -2.48. The number of carbonyl (C=O) groups is 1. The molecule has 116 valence electrons. The van der Waals surface area contributed by atoms with E-state index in [1.165, 1.54) is 32.2 Å². The molecular weight excluding hydrogens is 250 g/mol. The molecule has 2 saturated heterocycles. The minimum absolute atomic E-state index is 0.217. The molecule has 2 N–H and O–H groups in total. The van der Waals surface area contributed by atoms with Crippen molar-refractivity contribution in [2.75, 3.05) is 26.2 Å². The van der Waals surface area contributed by atoms with Gasteiger partial charge in [0.15, 0.2) is 0 Å². The highest BCUT2D eigenvalue weighted by atomic mass is 16.2. The van der Waals surface area contributed by atoms with Crippen LogP contribution in [0.4, 0.5) is 0 Å². The predicted octanol–water partition coefficient (Wildman–Crippen LogP) is 1.76. The molecule has 0 bridgehead atoms. The Bertz CT molecular complexity index is 298. The molecular formula is C16H31N3O. The number of nitrogens with one attached hydrogen (secondary N) is 2. The summed E-state index contributed by atoms with van der Waals surface area (Å²) < 4.78 is 0. The van der Waals surface area contributed by atoms with E-state index in [4.69, 9.17) is 0 Å². The first-order chi connectivity index (χ1) is 9.74. The standard InChI is InChI=1S/C16H31N3O/c1-3-14(4-2)18-16(20)12-19-10-6-8-15(19)13-7-5-9-17-11-13/h13-15,17H,3-12H2,1-2H3,(H,18,20). The van der Waals surface area contributed by atoms with Crippen molar-refractivity contribution in [2.45, 2.75) is 64.5 Å². The highest BCUT2D eigenvalue weighted by molar-refractivity contribution is 5.78. The van der Waals surface area contributed by atoms with Crippen molar-refractivity contribution in [3.05, 3.63) is 0 Å². The van der Waals surface area contributed by atoms with Crippen LogP contribution in [0.5, 0.6) is 0 Å². The second-order valence-corrected chi connectivity index (χ2v) is 6.37. The maximum Gasteiger partial charge on any atom is 0.234 e. The highest BCUT2D eigenvalue weighted by Gasteiger charge is 2.33. The van der Waals surface area contributed by atoms with Crippen molar-refractivity contribution in [1.82, 2.24) is 15.5 Å². The Morgan fingerprint density at radius 1 is 1.30 bits per heavy atom. The van der Waals surface area contributed by atoms with Crippen molar-refractivity contribution < 1.29 is 4.79 Å². The van der Waals surface area contributed by atoms with E-state index in [1.807, 2.05) is 0 Å². The molecule has 2 heterocycles. The zero-order chi connectivity index (χ0) is 14.4. The molecule has 0 aliphatic carbocycles. The summed E-state index contributed by atoms with van der Waals surface area (Å²) in [6, 6.07) is 0.968. The number of carbonyl (C=O) groups excluding carboxylic acids is 1. The third-order valence-corrected chi connectivity index (χ3v) is 4.99. The number of likely N-dealkylation sites (tertiary alicyclic amines) is 1. The van der Waals surface area contributed by atoms with Gasteiger partial charge in [-0.25, -0.2) is 0 Å². The molecule has 2 rings (SSSR count).